The summed E-state index contributed by atoms with van der Waals surface area (Å²) in [5, 5.41) is 5.45. The van der Waals surface area contributed by atoms with Crippen LogP contribution in [0.4, 0.5) is 23.2 Å². The summed E-state index contributed by atoms with van der Waals surface area (Å²) < 4.78 is 52.0. The summed E-state index contributed by atoms with van der Waals surface area (Å²) in [6.07, 6.45) is -3.20. The van der Waals surface area contributed by atoms with Crippen LogP contribution in [0.2, 0.25) is 0 Å². The number of para-hydroxylation sites is 1. The number of nitrogens with zero attached hydrogens (tertiary/aromatic N) is 2. The van der Waals surface area contributed by atoms with Gasteiger partial charge in [0.05, 0.1) is 11.4 Å². The first-order valence-electron chi connectivity index (χ1n) is 13.7. The number of carbonyl (C=O) groups is 2. The molecule has 0 saturated carbocycles. The fourth-order valence-corrected chi connectivity index (χ4v) is 6.09. The highest BCUT2D eigenvalue weighted by atomic mass is 32.1. The van der Waals surface area contributed by atoms with E-state index in [1.165, 1.54) is 29.5 Å². The smallest absolute Gasteiger partial charge is 0.343 e. The molecule has 218 valence electrons. The number of benzene rings is 3. The minimum atomic E-state index is -4.28. The van der Waals surface area contributed by atoms with Gasteiger partial charge in [0.2, 0.25) is 5.91 Å². The Balaban J connectivity index is 1.17. The maximum Gasteiger partial charge on any atom is 0.393 e. The number of rotatable bonds is 8. The minimum Gasteiger partial charge on any atom is -0.343 e. The van der Waals surface area contributed by atoms with Crippen molar-refractivity contribution >= 4 is 28.8 Å². The first kappa shape index (κ1) is 29.4. The SMILES string of the molecule is O=C(Nc1ccccc1-c1ccc(CC(F)(F)F)cc1)c1csc(C2CCN(C(=O)CCc3ccccc3F)CC2)n1. The Labute approximate surface area is 245 Å². The maximum atomic E-state index is 13.9. The van der Waals surface area contributed by atoms with Crippen LogP contribution in [0, 0.1) is 5.82 Å². The second-order valence-corrected chi connectivity index (χ2v) is 11.2. The van der Waals surface area contributed by atoms with Crippen molar-refractivity contribution in [2.75, 3.05) is 18.4 Å². The molecule has 2 heterocycles. The fourth-order valence-electron chi connectivity index (χ4n) is 5.12. The fraction of sp³-hybridized carbons (Fsp3) is 0.281. The normalized spacial score (nSPS) is 14.1. The predicted molar refractivity (Wildman–Crippen MR) is 155 cm³/mol. The number of likely N-dealkylation sites (tertiary alicyclic amines) is 1. The number of hydrogen-bond acceptors (Lipinski definition) is 4. The second kappa shape index (κ2) is 12.9. The van der Waals surface area contributed by atoms with Crippen molar-refractivity contribution < 1.29 is 27.2 Å². The van der Waals surface area contributed by atoms with Crippen LogP contribution in [0.15, 0.2) is 78.2 Å². The number of aromatic nitrogens is 1. The highest BCUT2D eigenvalue weighted by Gasteiger charge is 2.28. The molecule has 0 unspecified atom stereocenters. The Morgan fingerprint density at radius 3 is 2.36 bits per heavy atom. The number of aryl methyl sites for hydroxylation is 1. The average Bonchev–Trinajstić information content (AvgIpc) is 3.47. The van der Waals surface area contributed by atoms with Crippen LogP contribution >= 0.6 is 11.3 Å². The lowest BCUT2D eigenvalue weighted by molar-refractivity contribution is -0.132. The zero-order chi connectivity index (χ0) is 29.7. The van der Waals surface area contributed by atoms with Crippen LogP contribution in [0.25, 0.3) is 11.1 Å². The first-order chi connectivity index (χ1) is 20.2. The molecular formula is C32H29F4N3O2S. The Kier molecular flexibility index (Phi) is 9.01. The molecule has 10 heteroatoms. The van der Waals surface area contributed by atoms with Gasteiger partial charge in [-0.1, -0.05) is 60.7 Å². The molecule has 2 amide bonds. The van der Waals surface area contributed by atoms with E-state index in [9.17, 15) is 27.2 Å². The molecule has 4 aromatic rings. The highest BCUT2D eigenvalue weighted by molar-refractivity contribution is 7.10. The summed E-state index contributed by atoms with van der Waals surface area (Å²) >= 11 is 1.41. The Hall–Kier alpha value is -4.05. The van der Waals surface area contributed by atoms with Crippen molar-refractivity contribution in [2.24, 2.45) is 0 Å². The Morgan fingerprint density at radius 1 is 0.952 bits per heavy atom. The van der Waals surface area contributed by atoms with Gasteiger partial charge < -0.3 is 10.2 Å². The molecule has 1 aliphatic heterocycles. The van der Waals surface area contributed by atoms with Crippen LogP contribution in [-0.4, -0.2) is 41.0 Å². The lowest BCUT2D eigenvalue weighted by Gasteiger charge is -2.31. The maximum absolute atomic E-state index is 13.9. The third-order valence-corrected chi connectivity index (χ3v) is 8.37. The van der Waals surface area contributed by atoms with Crippen LogP contribution in [-0.2, 0) is 17.6 Å². The molecule has 0 spiro atoms. The van der Waals surface area contributed by atoms with E-state index in [4.69, 9.17) is 0 Å². The molecule has 42 heavy (non-hydrogen) atoms. The molecule has 1 N–H and O–H groups in total. The number of anilines is 1. The van der Waals surface area contributed by atoms with E-state index in [2.05, 4.69) is 10.3 Å². The molecule has 0 atom stereocenters. The number of carbonyl (C=O) groups excluding carboxylic acids is 2. The van der Waals surface area contributed by atoms with Gasteiger partial charge in [0, 0.05) is 42.1 Å². The van der Waals surface area contributed by atoms with E-state index >= 15 is 0 Å². The molecule has 0 radical (unpaired) electrons. The number of halogens is 4. The van der Waals surface area contributed by atoms with Gasteiger partial charge in [-0.2, -0.15) is 13.2 Å². The van der Waals surface area contributed by atoms with E-state index in [0.717, 1.165) is 17.8 Å². The lowest BCUT2D eigenvalue weighted by Crippen LogP contribution is -2.38. The van der Waals surface area contributed by atoms with Gasteiger partial charge in [-0.25, -0.2) is 9.37 Å². The number of hydrogen-bond donors (Lipinski definition) is 1. The summed E-state index contributed by atoms with van der Waals surface area (Å²) in [5.41, 5.74) is 2.89. The third kappa shape index (κ3) is 7.42. The number of piperidine rings is 1. The number of nitrogens with one attached hydrogen (secondary N) is 1. The molecule has 1 aliphatic rings. The Morgan fingerprint density at radius 2 is 1.64 bits per heavy atom. The van der Waals surface area contributed by atoms with Crippen molar-refractivity contribution in [3.8, 4) is 11.1 Å². The van der Waals surface area contributed by atoms with Crippen molar-refractivity contribution in [3.05, 3.63) is 106 Å². The van der Waals surface area contributed by atoms with Gasteiger partial charge >= 0.3 is 6.18 Å². The van der Waals surface area contributed by atoms with Crippen molar-refractivity contribution in [2.45, 2.75) is 44.2 Å². The van der Waals surface area contributed by atoms with Gasteiger partial charge in [-0.3, -0.25) is 9.59 Å². The first-order valence-corrected chi connectivity index (χ1v) is 14.6. The number of amides is 2. The van der Waals surface area contributed by atoms with Gasteiger partial charge in [0.25, 0.3) is 5.91 Å². The van der Waals surface area contributed by atoms with Crippen LogP contribution in [0.1, 0.15) is 51.8 Å². The van der Waals surface area contributed by atoms with Gasteiger partial charge in [-0.05, 0) is 48.1 Å². The van der Waals surface area contributed by atoms with Gasteiger partial charge in [-0.15, -0.1) is 11.3 Å². The van der Waals surface area contributed by atoms with E-state index < -0.39 is 12.6 Å². The Bertz CT molecular complexity index is 1540. The summed E-state index contributed by atoms with van der Waals surface area (Å²) in [6.45, 7) is 1.16. The number of thiazole rings is 1. The molecule has 3 aromatic carbocycles. The molecule has 5 rings (SSSR count). The van der Waals surface area contributed by atoms with Crippen molar-refractivity contribution in [1.29, 1.82) is 0 Å². The number of alkyl halides is 3. The zero-order valence-electron chi connectivity index (χ0n) is 22.7. The lowest BCUT2D eigenvalue weighted by atomic mass is 9.97. The summed E-state index contributed by atoms with van der Waals surface area (Å²) in [6, 6.07) is 19.7. The predicted octanol–water partition coefficient (Wildman–Crippen LogP) is 7.65. The highest BCUT2D eigenvalue weighted by Crippen LogP contribution is 2.32. The molecule has 0 aliphatic carbocycles. The van der Waals surface area contributed by atoms with E-state index in [-0.39, 0.29) is 41.2 Å². The molecule has 1 aromatic heterocycles. The van der Waals surface area contributed by atoms with Gasteiger partial charge in [0.1, 0.15) is 11.5 Å². The van der Waals surface area contributed by atoms with Crippen LogP contribution < -0.4 is 5.32 Å². The quantitative estimate of drug-likeness (QED) is 0.213. The molecule has 1 fully saturated rings. The van der Waals surface area contributed by atoms with E-state index in [0.29, 0.717) is 41.9 Å². The van der Waals surface area contributed by atoms with Crippen molar-refractivity contribution in [3.63, 3.8) is 0 Å². The summed E-state index contributed by atoms with van der Waals surface area (Å²) in [4.78, 5) is 32.2. The van der Waals surface area contributed by atoms with E-state index in [1.807, 2.05) is 4.90 Å². The minimum absolute atomic E-state index is 0.00423. The standard InChI is InChI=1S/C32H29F4N3O2S/c33-26-7-3-1-5-23(26)13-14-29(40)39-17-15-24(16-18-39)31-38-28(20-42-31)30(41)37-27-8-4-2-6-25(27)22-11-9-21(10-12-22)19-32(34,35)36/h1-12,20,24H,13-19H2,(H,37,41). The largest absolute Gasteiger partial charge is 0.393 e. The van der Waals surface area contributed by atoms with Crippen LogP contribution in [0.5, 0.6) is 0 Å². The second-order valence-electron chi connectivity index (χ2n) is 10.3. The molecule has 0 bridgehead atoms. The average molecular weight is 596 g/mol. The van der Waals surface area contributed by atoms with Crippen molar-refractivity contribution in [1.82, 2.24) is 9.88 Å². The monoisotopic (exact) mass is 595 g/mol. The van der Waals surface area contributed by atoms with E-state index in [1.54, 1.807) is 60.0 Å². The van der Waals surface area contributed by atoms with Gasteiger partial charge in [0.15, 0.2) is 0 Å². The molecule has 5 nitrogen and oxygen atoms in total. The topological polar surface area (TPSA) is 62.3 Å². The summed E-state index contributed by atoms with van der Waals surface area (Å²) in [7, 11) is 0. The molecule has 1 saturated heterocycles. The zero-order valence-corrected chi connectivity index (χ0v) is 23.5. The third-order valence-electron chi connectivity index (χ3n) is 7.36. The van der Waals surface area contributed by atoms with Crippen LogP contribution in [0.3, 0.4) is 0 Å². The molecular weight excluding hydrogens is 566 g/mol. The summed E-state index contributed by atoms with van der Waals surface area (Å²) in [5.74, 6) is -0.534.